The van der Waals surface area contributed by atoms with E-state index >= 15 is 0 Å². The van der Waals surface area contributed by atoms with Gasteiger partial charge in [-0.25, -0.2) is 0 Å². The molecule has 0 aromatic heterocycles. The van der Waals surface area contributed by atoms with Crippen molar-refractivity contribution in [1.82, 2.24) is 0 Å². The van der Waals surface area contributed by atoms with E-state index in [0.29, 0.717) is 0 Å². The van der Waals surface area contributed by atoms with Crippen LogP contribution in [0.1, 0.15) is 32.6 Å². The van der Waals surface area contributed by atoms with E-state index < -0.39 is 0 Å². The molecule has 0 aromatic carbocycles. The number of nitrogens with one attached hydrogen (secondary N) is 1. The monoisotopic (exact) mass is 144 g/mol. The standard InChI is InChI=1S/C8H17NO/c1-2-3-6-9-7-4-5-8(9)10/h8,10H,2-7H2,1H3/p+1. The molecule has 0 spiro atoms. The van der Waals surface area contributed by atoms with E-state index in [1.54, 1.807) is 0 Å². The maximum absolute atomic E-state index is 9.38. The fourth-order valence-corrected chi connectivity index (χ4v) is 1.59. The molecule has 2 atom stereocenters. The lowest BCUT2D eigenvalue weighted by Crippen LogP contribution is -3.13. The minimum atomic E-state index is -0.0495. The molecule has 0 saturated carbocycles. The fraction of sp³-hybridized carbons (Fsp3) is 1.00. The Kier molecular flexibility index (Phi) is 3.16. The van der Waals surface area contributed by atoms with E-state index in [1.807, 2.05) is 0 Å². The van der Waals surface area contributed by atoms with Crippen LogP contribution in [0.3, 0.4) is 0 Å². The van der Waals surface area contributed by atoms with Gasteiger partial charge >= 0.3 is 0 Å². The van der Waals surface area contributed by atoms with Crippen molar-refractivity contribution in [2.24, 2.45) is 0 Å². The number of hydrogen-bond acceptors (Lipinski definition) is 1. The molecule has 1 fully saturated rings. The number of rotatable bonds is 3. The lowest BCUT2D eigenvalue weighted by molar-refractivity contribution is -0.934. The Labute approximate surface area is 62.8 Å². The minimum Gasteiger partial charge on any atom is -0.345 e. The predicted molar refractivity (Wildman–Crippen MR) is 40.8 cm³/mol. The predicted octanol–water partition coefficient (Wildman–Crippen LogP) is -0.216. The van der Waals surface area contributed by atoms with E-state index in [1.165, 1.54) is 30.7 Å². The van der Waals surface area contributed by atoms with Crippen molar-refractivity contribution < 1.29 is 10.0 Å². The number of likely N-dealkylation sites (tertiary alicyclic amines) is 1. The number of unbranched alkanes of at least 4 members (excludes halogenated alkanes) is 1. The topological polar surface area (TPSA) is 24.7 Å². The lowest BCUT2D eigenvalue weighted by atomic mass is 10.3. The average Bonchev–Trinajstić information content (AvgIpc) is 2.31. The Hall–Kier alpha value is -0.0800. The van der Waals surface area contributed by atoms with Gasteiger partial charge in [-0.1, -0.05) is 13.3 Å². The molecule has 1 aliphatic heterocycles. The number of hydrogen-bond donors (Lipinski definition) is 2. The first-order valence-electron chi connectivity index (χ1n) is 4.37. The Bertz CT molecular complexity index is 95.3. The highest BCUT2D eigenvalue weighted by Crippen LogP contribution is 1.96. The second-order valence-corrected chi connectivity index (χ2v) is 3.17. The summed E-state index contributed by atoms with van der Waals surface area (Å²) in [7, 11) is 0. The van der Waals surface area contributed by atoms with Crippen LogP contribution in [0, 0.1) is 0 Å². The van der Waals surface area contributed by atoms with Crippen LogP contribution in [0.4, 0.5) is 0 Å². The van der Waals surface area contributed by atoms with Crippen LogP contribution < -0.4 is 4.90 Å². The molecule has 0 amide bonds. The Morgan fingerprint density at radius 1 is 1.60 bits per heavy atom. The number of aliphatic hydroxyl groups is 1. The summed E-state index contributed by atoms with van der Waals surface area (Å²) in [5.41, 5.74) is 0. The van der Waals surface area contributed by atoms with Crippen molar-refractivity contribution >= 4 is 0 Å². The van der Waals surface area contributed by atoms with E-state index in [0.717, 1.165) is 13.0 Å². The highest BCUT2D eigenvalue weighted by molar-refractivity contribution is 4.49. The second-order valence-electron chi connectivity index (χ2n) is 3.17. The van der Waals surface area contributed by atoms with Gasteiger partial charge in [0.2, 0.25) is 0 Å². The van der Waals surface area contributed by atoms with Gasteiger partial charge in [0.1, 0.15) is 0 Å². The van der Waals surface area contributed by atoms with E-state index in [-0.39, 0.29) is 6.23 Å². The number of quaternary nitrogens is 1. The summed E-state index contributed by atoms with van der Waals surface area (Å²) in [4.78, 5) is 1.40. The Morgan fingerprint density at radius 2 is 2.40 bits per heavy atom. The van der Waals surface area contributed by atoms with Gasteiger partial charge in [0.05, 0.1) is 13.1 Å². The van der Waals surface area contributed by atoms with Gasteiger partial charge in [0.15, 0.2) is 6.23 Å². The lowest BCUT2D eigenvalue weighted by Gasteiger charge is -2.15. The molecule has 60 valence electrons. The van der Waals surface area contributed by atoms with Gasteiger partial charge in [0, 0.05) is 12.8 Å². The van der Waals surface area contributed by atoms with Crippen molar-refractivity contribution in [2.75, 3.05) is 13.1 Å². The third-order valence-electron chi connectivity index (χ3n) is 2.30. The third kappa shape index (κ3) is 1.96. The van der Waals surface area contributed by atoms with Crippen molar-refractivity contribution in [3.05, 3.63) is 0 Å². The van der Waals surface area contributed by atoms with Gasteiger partial charge in [-0.05, 0) is 6.42 Å². The maximum Gasteiger partial charge on any atom is 0.189 e. The molecule has 1 heterocycles. The molecule has 2 nitrogen and oxygen atoms in total. The van der Waals surface area contributed by atoms with Crippen LogP contribution in [-0.4, -0.2) is 24.4 Å². The van der Waals surface area contributed by atoms with Crippen LogP contribution in [0.15, 0.2) is 0 Å². The molecule has 10 heavy (non-hydrogen) atoms. The zero-order valence-electron chi connectivity index (χ0n) is 6.77. The summed E-state index contributed by atoms with van der Waals surface area (Å²) >= 11 is 0. The first-order chi connectivity index (χ1) is 4.84. The van der Waals surface area contributed by atoms with Crippen molar-refractivity contribution in [3.63, 3.8) is 0 Å². The molecular weight excluding hydrogens is 126 g/mol. The SMILES string of the molecule is CCCC[NH+]1CCCC1O. The van der Waals surface area contributed by atoms with Crippen LogP contribution in [-0.2, 0) is 0 Å². The Morgan fingerprint density at radius 3 is 2.90 bits per heavy atom. The highest BCUT2D eigenvalue weighted by atomic mass is 16.3. The van der Waals surface area contributed by atoms with Crippen LogP contribution in [0.5, 0.6) is 0 Å². The van der Waals surface area contributed by atoms with Gasteiger partial charge in [-0.15, -0.1) is 0 Å². The summed E-state index contributed by atoms with van der Waals surface area (Å²) < 4.78 is 0. The van der Waals surface area contributed by atoms with Gasteiger partial charge < -0.3 is 10.0 Å². The molecular formula is C8H18NO+. The third-order valence-corrected chi connectivity index (χ3v) is 2.30. The maximum atomic E-state index is 9.38. The minimum absolute atomic E-state index is 0.0495. The molecule has 1 aliphatic rings. The van der Waals surface area contributed by atoms with E-state index in [2.05, 4.69) is 6.92 Å². The van der Waals surface area contributed by atoms with Gasteiger partial charge in [0.25, 0.3) is 0 Å². The second kappa shape index (κ2) is 3.94. The molecule has 2 N–H and O–H groups in total. The first-order valence-corrected chi connectivity index (χ1v) is 4.37. The molecule has 0 bridgehead atoms. The summed E-state index contributed by atoms with van der Waals surface area (Å²) in [5.74, 6) is 0. The molecule has 0 aromatic rings. The van der Waals surface area contributed by atoms with Crippen molar-refractivity contribution in [3.8, 4) is 0 Å². The largest absolute Gasteiger partial charge is 0.345 e. The van der Waals surface area contributed by atoms with Gasteiger partial charge in [-0.2, -0.15) is 0 Å². The molecule has 2 unspecified atom stereocenters. The molecule has 0 radical (unpaired) electrons. The van der Waals surface area contributed by atoms with Crippen molar-refractivity contribution in [2.45, 2.75) is 38.8 Å². The zero-order valence-corrected chi connectivity index (χ0v) is 6.77. The smallest absolute Gasteiger partial charge is 0.189 e. The Balaban J connectivity index is 2.14. The quantitative estimate of drug-likeness (QED) is 0.562. The molecule has 2 heteroatoms. The first kappa shape index (κ1) is 8.02. The molecule has 0 aliphatic carbocycles. The highest BCUT2D eigenvalue weighted by Gasteiger charge is 2.24. The summed E-state index contributed by atoms with van der Waals surface area (Å²) in [6.07, 6.45) is 4.67. The molecule has 1 rings (SSSR count). The summed E-state index contributed by atoms with van der Waals surface area (Å²) in [5, 5.41) is 9.38. The van der Waals surface area contributed by atoms with Crippen molar-refractivity contribution in [1.29, 1.82) is 0 Å². The van der Waals surface area contributed by atoms with E-state index in [4.69, 9.17) is 0 Å². The van der Waals surface area contributed by atoms with Crippen LogP contribution in [0.25, 0.3) is 0 Å². The van der Waals surface area contributed by atoms with Crippen LogP contribution in [0.2, 0.25) is 0 Å². The fourth-order valence-electron chi connectivity index (χ4n) is 1.59. The van der Waals surface area contributed by atoms with Crippen LogP contribution >= 0.6 is 0 Å². The summed E-state index contributed by atoms with van der Waals surface area (Å²) in [6.45, 7) is 4.54. The average molecular weight is 144 g/mol. The van der Waals surface area contributed by atoms with E-state index in [9.17, 15) is 5.11 Å². The summed E-state index contributed by atoms with van der Waals surface area (Å²) in [6, 6.07) is 0. The zero-order chi connectivity index (χ0) is 7.40. The number of aliphatic hydroxyl groups excluding tert-OH is 1. The van der Waals surface area contributed by atoms with Gasteiger partial charge in [-0.3, -0.25) is 0 Å². The molecule has 1 saturated heterocycles. The normalized spacial score (nSPS) is 33.0.